The first-order valence-electron chi connectivity index (χ1n) is 9.91. The maximum Gasteiger partial charge on any atom is 0.264 e. The van der Waals surface area contributed by atoms with Crippen molar-refractivity contribution in [1.29, 1.82) is 0 Å². The number of rotatable bonds is 3. The molecule has 0 bridgehead atoms. The molecule has 0 radical (unpaired) electrons. The number of anilines is 1. The fourth-order valence-corrected chi connectivity index (χ4v) is 5.14. The second-order valence-corrected chi connectivity index (χ2v) is 8.87. The van der Waals surface area contributed by atoms with Crippen LogP contribution in [0.2, 0.25) is 5.02 Å². The molecular formula is C22H19ClFN5OS. The van der Waals surface area contributed by atoms with Crippen LogP contribution in [0, 0.1) is 12.9 Å². The number of piperazine rings is 1. The van der Waals surface area contributed by atoms with Gasteiger partial charge in [0.1, 0.15) is 10.6 Å². The Kier molecular flexibility index (Phi) is 5.11. The van der Waals surface area contributed by atoms with E-state index in [1.807, 2.05) is 51.7 Å². The summed E-state index contributed by atoms with van der Waals surface area (Å²) < 4.78 is 15.3. The molecule has 1 aromatic carbocycles. The van der Waals surface area contributed by atoms with Gasteiger partial charge in [-0.3, -0.25) is 4.79 Å². The molecule has 4 aromatic rings. The summed E-state index contributed by atoms with van der Waals surface area (Å²) in [4.78, 5) is 22.6. The van der Waals surface area contributed by atoms with Crippen molar-refractivity contribution >= 4 is 44.9 Å². The molecule has 0 N–H and O–H groups in total. The summed E-state index contributed by atoms with van der Waals surface area (Å²) in [5.74, 6) is 0.113. The largest absolute Gasteiger partial charge is 0.353 e. The van der Waals surface area contributed by atoms with Crippen LogP contribution in [0.4, 0.5) is 10.2 Å². The minimum atomic E-state index is -0.495. The number of hydrogen-bond donors (Lipinski definition) is 0. The number of nitrogens with zero attached hydrogens (tertiary/aromatic N) is 5. The zero-order valence-corrected chi connectivity index (χ0v) is 18.3. The fourth-order valence-electron chi connectivity index (χ4n) is 3.80. The molecule has 31 heavy (non-hydrogen) atoms. The lowest BCUT2D eigenvalue weighted by atomic mass is 10.2. The second kappa shape index (κ2) is 7.94. The monoisotopic (exact) mass is 455 g/mol. The normalized spacial score (nSPS) is 14.4. The average molecular weight is 456 g/mol. The van der Waals surface area contributed by atoms with E-state index in [1.165, 1.54) is 17.4 Å². The summed E-state index contributed by atoms with van der Waals surface area (Å²) >= 11 is 7.58. The van der Waals surface area contributed by atoms with Crippen molar-refractivity contribution in [3.63, 3.8) is 0 Å². The molecule has 0 unspecified atom stereocenters. The second-order valence-electron chi connectivity index (χ2n) is 7.40. The van der Waals surface area contributed by atoms with Crippen LogP contribution in [0.3, 0.4) is 0 Å². The van der Waals surface area contributed by atoms with E-state index in [-0.39, 0.29) is 5.91 Å². The Labute approximate surface area is 187 Å². The third-order valence-corrected chi connectivity index (χ3v) is 6.73. The lowest BCUT2D eigenvalue weighted by Gasteiger charge is -2.35. The van der Waals surface area contributed by atoms with E-state index in [9.17, 15) is 9.18 Å². The standard InChI is InChI=1S/C22H19ClFN5OS/c1-14-17-13-18(31-22(17)29(26-14)16-5-2-4-15(23)12-16)21(30)28-10-8-27(9-11-28)20-7-3-6-19(24)25-20/h2-7,12-13H,8-11H2,1H3. The van der Waals surface area contributed by atoms with Gasteiger partial charge in [0, 0.05) is 36.6 Å². The number of hydrogen-bond acceptors (Lipinski definition) is 5. The highest BCUT2D eigenvalue weighted by Gasteiger charge is 2.25. The molecule has 1 aliphatic rings. The molecule has 1 saturated heterocycles. The van der Waals surface area contributed by atoms with Crippen molar-refractivity contribution in [3.8, 4) is 5.69 Å². The molecule has 0 spiro atoms. The van der Waals surface area contributed by atoms with Gasteiger partial charge in [-0.25, -0.2) is 9.67 Å². The smallest absolute Gasteiger partial charge is 0.264 e. The van der Waals surface area contributed by atoms with Crippen LogP contribution in [0.1, 0.15) is 15.4 Å². The Morgan fingerprint density at radius 3 is 2.61 bits per heavy atom. The molecule has 0 atom stereocenters. The van der Waals surface area contributed by atoms with Crippen LogP contribution in [0.15, 0.2) is 48.5 Å². The van der Waals surface area contributed by atoms with Gasteiger partial charge in [0.15, 0.2) is 0 Å². The van der Waals surface area contributed by atoms with Crippen LogP contribution >= 0.6 is 22.9 Å². The molecule has 0 aliphatic carbocycles. The number of halogens is 2. The van der Waals surface area contributed by atoms with Crippen molar-refractivity contribution in [2.45, 2.75) is 6.92 Å². The van der Waals surface area contributed by atoms with Crippen LogP contribution in [0.25, 0.3) is 15.9 Å². The first kappa shape index (κ1) is 20.0. The summed E-state index contributed by atoms with van der Waals surface area (Å²) in [7, 11) is 0. The SMILES string of the molecule is Cc1nn(-c2cccc(Cl)c2)c2sc(C(=O)N3CCN(c4cccc(F)n4)CC3)cc12. The fraction of sp³-hybridized carbons (Fsp3) is 0.227. The van der Waals surface area contributed by atoms with Gasteiger partial charge in [0.05, 0.1) is 16.3 Å². The van der Waals surface area contributed by atoms with E-state index in [4.69, 9.17) is 11.6 Å². The lowest BCUT2D eigenvalue weighted by Crippen LogP contribution is -2.48. The molecular weight excluding hydrogens is 437 g/mol. The van der Waals surface area contributed by atoms with Crippen LogP contribution in [-0.2, 0) is 0 Å². The summed E-state index contributed by atoms with van der Waals surface area (Å²) in [6.45, 7) is 4.29. The molecule has 158 valence electrons. The molecule has 6 nitrogen and oxygen atoms in total. The summed E-state index contributed by atoms with van der Waals surface area (Å²) in [6, 6.07) is 14.2. The molecule has 5 rings (SSSR count). The van der Waals surface area contributed by atoms with Crippen LogP contribution in [0.5, 0.6) is 0 Å². The number of aryl methyl sites for hydroxylation is 1. The third-order valence-electron chi connectivity index (χ3n) is 5.40. The Morgan fingerprint density at radius 1 is 1.10 bits per heavy atom. The molecule has 1 fully saturated rings. The number of thiophene rings is 1. The summed E-state index contributed by atoms with van der Waals surface area (Å²) in [5, 5.41) is 6.23. The summed E-state index contributed by atoms with van der Waals surface area (Å²) in [6.07, 6.45) is 0. The number of benzene rings is 1. The molecule has 0 saturated carbocycles. The molecule has 4 heterocycles. The van der Waals surface area contributed by atoms with Crippen molar-refractivity contribution in [2.24, 2.45) is 0 Å². The van der Waals surface area contributed by atoms with Gasteiger partial charge in [-0.15, -0.1) is 11.3 Å². The first-order chi connectivity index (χ1) is 15.0. The van der Waals surface area contributed by atoms with E-state index in [1.54, 1.807) is 12.1 Å². The van der Waals surface area contributed by atoms with E-state index < -0.39 is 5.95 Å². The summed E-state index contributed by atoms with van der Waals surface area (Å²) in [5.41, 5.74) is 1.73. The predicted molar refractivity (Wildman–Crippen MR) is 121 cm³/mol. The van der Waals surface area contributed by atoms with Gasteiger partial charge in [0.25, 0.3) is 5.91 Å². The van der Waals surface area contributed by atoms with Crippen molar-refractivity contribution in [3.05, 3.63) is 70.1 Å². The highest BCUT2D eigenvalue weighted by molar-refractivity contribution is 7.20. The first-order valence-corrected chi connectivity index (χ1v) is 11.1. The molecule has 1 aliphatic heterocycles. The van der Waals surface area contributed by atoms with E-state index in [0.29, 0.717) is 41.9 Å². The topological polar surface area (TPSA) is 54.3 Å². The highest BCUT2D eigenvalue weighted by atomic mass is 35.5. The van der Waals surface area contributed by atoms with Crippen LogP contribution < -0.4 is 4.90 Å². The van der Waals surface area contributed by atoms with Gasteiger partial charge < -0.3 is 9.80 Å². The van der Waals surface area contributed by atoms with Crippen LogP contribution in [-0.4, -0.2) is 51.8 Å². The van der Waals surface area contributed by atoms with Gasteiger partial charge in [-0.2, -0.15) is 9.49 Å². The minimum Gasteiger partial charge on any atom is -0.353 e. The number of fused-ring (bicyclic) bond motifs is 1. The van der Waals surface area contributed by atoms with Crippen molar-refractivity contribution < 1.29 is 9.18 Å². The van der Waals surface area contributed by atoms with Gasteiger partial charge in [-0.1, -0.05) is 23.7 Å². The van der Waals surface area contributed by atoms with E-state index in [2.05, 4.69) is 10.1 Å². The number of aromatic nitrogens is 3. The van der Waals surface area contributed by atoms with E-state index >= 15 is 0 Å². The Hall–Kier alpha value is -2.97. The zero-order chi connectivity index (χ0) is 21.5. The third kappa shape index (κ3) is 3.77. The zero-order valence-electron chi connectivity index (χ0n) is 16.8. The van der Waals surface area contributed by atoms with Crippen molar-refractivity contribution in [1.82, 2.24) is 19.7 Å². The highest BCUT2D eigenvalue weighted by Crippen LogP contribution is 2.32. The molecule has 3 aromatic heterocycles. The number of amides is 1. The Morgan fingerprint density at radius 2 is 1.87 bits per heavy atom. The average Bonchev–Trinajstić information content (AvgIpc) is 3.34. The molecule has 9 heteroatoms. The predicted octanol–water partition coefficient (Wildman–Crippen LogP) is 4.55. The minimum absolute atomic E-state index is 0.00472. The van der Waals surface area contributed by atoms with Gasteiger partial charge in [0.2, 0.25) is 5.95 Å². The molecule has 1 amide bonds. The van der Waals surface area contributed by atoms with Gasteiger partial charge >= 0.3 is 0 Å². The van der Waals surface area contributed by atoms with E-state index in [0.717, 1.165) is 21.6 Å². The maximum atomic E-state index is 13.4. The Bertz CT molecular complexity index is 1280. The number of pyridine rings is 1. The number of carbonyl (C=O) groups is 1. The lowest BCUT2D eigenvalue weighted by molar-refractivity contribution is 0.0751. The quantitative estimate of drug-likeness (QED) is 0.425. The Balaban J connectivity index is 1.37. The van der Waals surface area contributed by atoms with Gasteiger partial charge in [-0.05, 0) is 43.3 Å². The van der Waals surface area contributed by atoms with Crippen molar-refractivity contribution in [2.75, 3.05) is 31.1 Å². The maximum absolute atomic E-state index is 13.4. The number of carbonyl (C=O) groups excluding carboxylic acids is 1.